The molecule has 0 saturated heterocycles. The average molecular weight is 496 g/mol. The van der Waals surface area contributed by atoms with Crippen LogP contribution in [-0.4, -0.2) is 47.9 Å². The third kappa shape index (κ3) is 4.20. The van der Waals surface area contributed by atoms with E-state index in [0.717, 1.165) is 0 Å². The molecule has 0 aliphatic heterocycles. The van der Waals surface area contributed by atoms with Crippen molar-refractivity contribution in [3.05, 3.63) is 0 Å². The van der Waals surface area contributed by atoms with E-state index in [1.54, 1.807) is 0 Å². The molecule has 0 radical (unpaired) electrons. The van der Waals surface area contributed by atoms with Crippen molar-refractivity contribution in [2.24, 2.45) is 0 Å². The Labute approximate surface area is 182 Å². The molecule has 0 bridgehead atoms. The van der Waals surface area contributed by atoms with Crippen LogP contribution in [0.5, 0.6) is 0 Å². The Morgan fingerprint density at radius 1 is 0.250 bits per heavy atom. The Morgan fingerprint density at radius 2 is 0.357 bits per heavy atom. The molecule has 0 aromatic heterocycles. The third-order valence-corrected chi connectivity index (χ3v) is 2.68. The predicted molar refractivity (Wildman–Crippen MR) is 41.8 cm³/mol. The van der Waals surface area contributed by atoms with Gasteiger partial charge in [0.2, 0.25) is 0 Å². The SMILES string of the molecule is FC(F)(F)C(F)(F)C(F)(F)C(F)(F)C(F)(F)C(F)(F)C(F)(F)C(F)(F)F.[F-].[K+]. The first kappa shape index (κ1) is 33.0. The zero-order valence-corrected chi connectivity index (χ0v) is 15.3. The third-order valence-electron chi connectivity index (χ3n) is 2.68. The van der Waals surface area contributed by atoms with E-state index < -0.39 is 47.9 Å². The molecule has 0 fully saturated rings. The summed E-state index contributed by atoms with van der Waals surface area (Å²) in [6.45, 7) is 0. The van der Waals surface area contributed by atoms with E-state index in [4.69, 9.17) is 0 Å². The van der Waals surface area contributed by atoms with Gasteiger partial charge in [0.1, 0.15) is 0 Å². The van der Waals surface area contributed by atoms with Crippen LogP contribution >= 0.6 is 0 Å². The van der Waals surface area contributed by atoms with Crippen molar-refractivity contribution in [1.82, 2.24) is 0 Å². The van der Waals surface area contributed by atoms with Gasteiger partial charge in [-0.25, -0.2) is 0 Å². The summed E-state index contributed by atoms with van der Waals surface area (Å²) in [4.78, 5) is 0. The molecular weight excluding hydrogens is 496 g/mol. The first-order chi connectivity index (χ1) is 10.8. The molecule has 0 rings (SSSR count). The van der Waals surface area contributed by atoms with Crippen LogP contribution in [0, 0.1) is 0 Å². The topological polar surface area (TPSA) is 0 Å². The maximum atomic E-state index is 12.8. The summed E-state index contributed by atoms with van der Waals surface area (Å²) in [6.07, 6.45) is -15.6. The molecule has 0 aliphatic carbocycles. The molecule has 166 valence electrons. The summed E-state index contributed by atoms with van der Waals surface area (Å²) in [5.74, 6) is -51.0. The van der Waals surface area contributed by atoms with E-state index >= 15 is 0 Å². The quantitative estimate of drug-likeness (QED) is 0.370. The smallest absolute Gasteiger partial charge is 1.00 e. The van der Waals surface area contributed by atoms with Gasteiger partial charge in [0.05, 0.1) is 0 Å². The molecule has 28 heavy (non-hydrogen) atoms. The summed E-state index contributed by atoms with van der Waals surface area (Å²) in [5, 5.41) is 0. The minimum atomic E-state index is -8.72. The Hall–Kier alpha value is 0.306. The van der Waals surface area contributed by atoms with E-state index in [9.17, 15) is 79.0 Å². The van der Waals surface area contributed by atoms with Crippen LogP contribution in [0.3, 0.4) is 0 Å². The molecule has 0 aromatic rings. The normalized spacial score (nSPS) is 15.6. The number of alkyl halides is 18. The summed E-state index contributed by atoms with van der Waals surface area (Å²) >= 11 is 0. The van der Waals surface area contributed by atoms with Crippen molar-refractivity contribution in [2.75, 3.05) is 0 Å². The fourth-order valence-electron chi connectivity index (χ4n) is 1.14. The van der Waals surface area contributed by atoms with Gasteiger partial charge in [-0.05, 0) is 0 Å². The van der Waals surface area contributed by atoms with Crippen molar-refractivity contribution in [1.29, 1.82) is 0 Å². The van der Waals surface area contributed by atoms with E-state index in [-0.39, 0.29) is 56.1 Å². The van der Waals surface area contributed by atoms with Crippen LogP contribution in [0.15, 0.2) is 0 Å². The zero-order chi connectivity index (χ0) is 22.0. The van der Waals surface area contributed by atoms with Crippen LogP contribution in [0.2, 0.25) is 0 Å². The molecule has 0 spiro atoms. The molecule has 0 N–H and O–H groups in total. The largest absolute Gasteiger partial charge is 1.00 e. The summed E-state index contributed by atoms with van der Waals surface area (Å²) in [5.41, 5.74) is 0. The molecule has 0 saturated carbocycles. The van der Waals surface area contributed by atoms with E-state index in [2.05, 4.69) is 0 Å². The number of rotatable bonds is 5. The molecule has 0 amide bonds. The van der Waals surface area contributed by atoms with Gasteiger partial charge in [-0.2, -0.15) is 79.0 Å². The van der Waals surface area contributed by atoms with Gasteiger partial charge in [-0.1, -0.05) is 0 Å². The fourth-order valence-corrected chi connectivity index (χ4v) is 1.14. The Kier molecular flexibility index (Phi) is 9.53. The molecule has 0 nitrogen and oxygen atoms in total. The Morgan fingerprint density at radius 3 is 0.464 bits per heavy atom. The van der Waals surface area contributed by atoms with Gasteiger partial charge in [-0.3, -0.25) is 0 Å². The van der Waals surface area contributed by atoms with E-state index in [0.29, 0.717) is 0 Å². The van der Waals surface area contributed by atoms with Gasteiger partial charge in [0.15, 0.2) is 0 Å². The first-order valence-electron chi connectivity index (χ1n) is 5.15. The molecule has 0 aromatic carbocycles. The molecule has 0 heterocycles. The van der Waals surface area contributed by atoms with E-state index in [1.807, 2.05) is 0 Å². The average Bonchev–Trinajstić information content (AvgIpc) is 2.34. The van der Waals surface area contributed by atoms with Crippen molar-refractivity contribution >= 4 is 0 Å². The predicted octanol–water partition coefficient (Wildman–Crippen LogP) is -0.0692. The maximum absolute atomic E-state index is 12.8. The molecular formula is C8F19K. The van der Waals surface area contributed by atoms with Crippen molar-refractivity contribution in [3.8, 4) is 0 Å². The van der Waals surface area contributed by atoms with Crippen molar-refractivity contribution in [2.45, 2.75) is 47.9 Å². The van der Waals surface area contributed by atoms with Crippen LogP contribution in [0.1, 0.15) is 0 Å². The minimum absolute atomic E-state index is 0. The monoisotopic (exact) mass is 496 g/mol. The van der Waals surface area contributed by atoms with Crippen LogP contribution in [0.25, 0.3) is 0 Å². The summed E-state index contributed by atoms with van der Waals surface area (Å²) in [7, 11) is 0. The van der Waals surface area contributed by atoms with Gasteiger partial charge in [0, 0.05) is 0 Å². The van der Waals surface area contributed by atoms with Gasteiger partial charge < -0.3 is 4.70 Å². The van der Waals surface area contributed by atoms with Crippen LogP contribution in [0.4, 0.5) is 79.0 Å². The maximum Gasteiger partial charge on any atom is 1.00 e. The molecule has 0 atom stereocenters. The fraction of sp³-hybridized carbons (Fsp3) is 1.00. The first-order valence-corrected chi connectivity index (χ1v) is 5.15. The Bertz CT molecular complexity index is 475. The summed E-state index contributed by atoms with van der Waals surface area (Å²) < 4.78 is 221. The second-order valence-electron chi connectivity index (χ2n) is 4.44. The van der Waals surface area contributed by atoms with Gasteiger partial charge in [0.25, 0.3) is 0 Å². The van der Waals surface area contributed by atoms with Crippen LogP contribution < -0.4 is 56.1 Å². The standard InChI is InChI=1S/C8F18.FH.K/c9-1(10,3(13,14)5(17,18)7(21,22)23)2(11,12)4(15,16)6(19,20)8(24,25)26;;/h;1H;/q;;+1/p-1. The van der Waals surface area contributed by atoms with Crippen molar-refractivity contribution < 1.29 is 135 Å². The van der Waals surface area contributed by atoms with Crippen LogP contribution in [-0.2, 0) is 0 Å². The van der Waals surface area contributed by atoms with Crippen molar-refractivity contribution in [3.63, 3.8) is 0 Å². The second-order valence-corrected chi connectivity index (χ2v) is 4.44. The number of hydrogen-bond donors (Lipinski definition) is 0. The summed E-state index contributed by atoms with van der Waals surface area (Å²) in [6, 6.07) is 0. The number of hydrogen-bond acceptors (Lipinski definition) is 0. The number of halogens is 19. The zero-order valence-electron chi connectivity index (χ0n) is 12.2. The second kappa shape index (κ2) is 8.10. The van der Waals surface area contributed by atoms with Gasteiger partial charge in [-0.15, -0.1) is 0 Å². The molecule has 0 unspecified atom stereocenters. The minimum Gasteiger partial charge on any atom is -1.00 e. The van der Waals surface area contributed by atoms with Gasteiger partial charge >= 0.3 is 99.3 Å². The Balaban J connectivity index is -0.00000312. The molecule has 20 heteroatoms. The molecule has 0 aliphatic rings. The van der Waals surface area contributed by atoms with E-state index in [1.165, 1.54) is 0 Å².